The van der Waals surface area contributed by atoms with Crippen LogP contribution in [0.25, 0.3) is 0 Å². The lowest BCUT2D eigenvalue weighted by Crippen LogP contribution is -2.46. The molecule has 146 valence electrons. The number of aliphatic imine (C=N–C) groups is 1. The van der Waals surface area contributed by atoms with Crippen molar-refractivity contribution < 1.29 is 8.42 Å². The molecule has 0 aromatic heterocycles. The number of sulfone groups is 1. The Balaban J connectivity index is 2.01. The van der Waals surface area contributed by atoms with Gasteiger partial charge >= 0.3 is 0 Å². The fourth-order valence-corrected chi connectivity index (χ4v) is 3.17. The molecule has 0 bridgehead atoms. The Kier molecular flexibility index (Phi) is 6.80. The van der Waals surface area contributed by atoms with Crippen molar-refractivity contribution in [2.24, 2.45) is 4.99 Å². The minimum absolute atomic E-state index is 0.214. The summed E-state index contributed by atoms with van der Waals surface area (Å²) in [6, 6.07) is 8.10. The molecule has 8 heteroatoms. The Labute approximate surface area is 161 Å². The summed E-state index contributed by atoms with van der Waals surface area (Å²) in [5.74, 6) is 0.655. The van der Waals surface area contributed by atoms with Crippen molar-refractivity contribution >= 4 is 33.1 Å². The van der Waals surface area contributed by atoms with Crippen LogP contribution in [0.3, 0.4) is 0 Å². The molecule has 2 rings (SSSR count). The van der Waals surface area contributed by atoms with Gasteiger partial charge in [0.15, 0.2) is 15.8 Å². The van der Waals surface area contributed by atoms with E-state index in [4.69, 9.17) is 11.6 Å². The highest BCUT2D eigenvalue weighted by Crippen LogP contribution is 2.23. The molecule has 1 aromatic carbocycles. The van der Waals surface area contributed by atoms with Crippen molar-refractivity contribution in [1.82, 2.24) is 10.6 Å². The van der Waals surface area contributed by atoms with E-state index in [-0.39, 0.29) is 12.6 Å². The van der Waals surface area contributed by atoms with E-state index in [9.17, 15) is 8.42 Å². The molecule has 1 unspecified atom stereocenters. The Morgan fingerprint density at radius 1 is 1.42 bits per heavy atom. The number of hydrogen-bond acceptors (Lipinski definition) is 4. The molecule has 1 heterocycles. The minimum atomic E-state index is -3.17. The van der Waals surface area contributed by atoms with Crippen molar-refractivity contribution in [1.29, 1.82) is 0 Å². The van der Waals surface area contributed by atoms with E-state index in [1.165, 1.54) is 6.26 Å². The first-order chi connectivity index (χ1) is 12.1. The summed E-state index contributed by atoms with van der Waals surface area (Å²) in [6.45, 7) is 8.11. The Morgan fingerprint density at radius 2 is 2.15 bits per heavy atom. The second kappa shape index (κ2) is 8.48. The van der Waals surface area contributed by atoms with Crippen LogP contribution in [0.15, 0.2) is 29.3 Å². The summed E-state index contributed by atoms with van der Waals surface area (Å²) in [5, 5.41) is 7.36. The zero-order valence-corrected chi connectivity index (χ0v) is 17.5. The molecule has 0 saturated carbocycles. The van der Waals surface area contributed by atoms with Gasteiger partial charge in [-0.15, -0.1) is 0 Å². The standard InChI is InChI=1S/C18H29ClN4O2S/c1-5-20-17(21-13-18(2,3)26(4,24)25)22-15-9-10-23(12-15)16-8-6-7-14(19)11-16/h6-8,11,15H,5,9-10,12-13H2,1-4H3,(H2,20,21,22). The zero-order valence-electron chi connectivity index (χ0n) is 15.9. The van der Waals surface area contributed by atoms with Gasteiger partial charge in [0.2, 0.25) is 0 Å². The Bertz CT molecular complexity index is 749. The fourth-order valence-electron chi connectivity index (χ4n) is 2.69. The number of rotatable bonds is 6. The second-order valence-corrected chi connectivity index (χ2v) is 10.4. The maximum Gasteiger partial charge on any atom is 0.191 e. The summed E-state index contributed by atoms with van der Waals surface area (Å²) in [7, 11) is -3.17. The lowest BCUT2D eigenvalue weighted by molar-refractivity contribution is 0.553. The fraction of sp³-hybridized carbons (Fsp3) is 0.611. The van der Waals surface area contributed by atoms with Gasteiger partial charge in [-0.3, -0.25) is 4.99 Å². The molecular weight excluding hydrogens is 372 g/mol. The molecule has 1 saturated heterocycles. The van der Waals surface area contributed by atoms with Gasteiger partial charge in [-0.05, 0) is 45.4 Å². The monoisotopic (exact) mass is 400 g/mol. The van der Waals surface area contributed by atoms with Gasteiger partial charge in [0.05, 0.1) is 11.3 Å². The highest BCUT2D eigenvalue weighted by Gasteiger charge is 2.30. The molecule has 0 amide bonds. The average molecular weight is 401 g/mol. The molecule has 1 aliphatic rings. The highest BCUT2D eigenvalue weighted by molar-refractivity contribution is 7.92. The van der Waals surface area contributed by atoms with Crippen LogP contribution in [0.4, 0.5) is 5.69 Å². The lowest BCUT2D eigenvalue weighted by Gasteiger charge is -2.23. The SMILES string of the molecule is CCNC(=NCC(C)(C)S(C)(=O)=O)NC1CCN(c2cccc(Cl)c2)C1. The Hall–Kier alpha value is -1.47. The molecule has 0 radical (unpaired) electrons. The first-order valence-electron chi connectivity index (χ1n) is 8.87. The van der Waals surface area contributed by atoms with E-state index in [0.717, 1.165) is 36.8 Å². The first kappa shape index (κ1) is 20.8. The first-order valence-corrected chi connectivity index (χ1v) is 11.1. The molecule has 1 atom stereocenters. The van der Waals surface area contributed by atoms with Crippen molar-refractivity contribution in [3.05, 3.63) is 29.3 Å². The van der Waals surface area contributed by atoms with Gasteiger partial charge in [-0.25, -0.2) is 8.42 Å². The third kappa shape index (κ3) is 5.51. The van der Waals surface area contributed by atoms with Crippen molar-refractivity contribution in [2.45, 2.75) is 38.0 Å². The Morgan fingerprint density at radius 3 is 2.77 bits per heavy atom. The van der Waals surface area contributed by atoms with Crippen LogP contribution < -0.4 is 15.5 Å². The van der Waals surface area contributed by atoms with Gasteiger partial charge in [0.1, 0.15) is 0 Å². The van der Waals surface area contributed by atoms with Gasteiger partial charge in [-0.2, -0.15) is 0 Å². The van der Waals surface area contributed by atoms with Crippen LogP contribution in [0.2, 0.25) is 5.02 Å². The number of nitrogens with one attached hydrogen (secondary N) is 2. The van der Waals surface area contributed by atoms with Gasteiger partial charge < -0.3 is 15.5 Å². The van der Waals surface area contributed by atoms with E-state index >= 15 is 0 Å². The predicted molar refractivity (Wildman–Crippen MR) is 110 cm³/mol. The van der Waals surface area contributed by atoms with Crippen molar-refractivity contribution in [3.63, 3.8) is 0 Å². The molecule has 0 aliphatic carbocycles. The maximum absolute atomic E-state index is 11.9. The second-order valence-electron chi connectivity index (χ2n) is 7.28. The highest BCUT2D eigenvalue weighted by atomic mass is 35.5. The van der Waals surface area contributed by atoms with Crippen LogP contribution in [-0.2, 0) is 9.84 Å². The average Bonchev–Trinajstić information content (AvgIpc) is 3.00. The van der Waals surface area contributed by atoms with Crippen LogP contribution in [0.1, 0.15) is 27.2 Å². The normalized spacial score (nSPS) is 18.9. The maximum atomic E-state index is 11.9. The zero-order chi connectivity index (χ0) is 19.4. The lowest BCUT2D eigenvalue weighted by atomic mass is 10.2. The molecule has 1 fully saturated rings. The number of benzene rings is 1. The largest absolute Gasteiger partial charge is 0.369 e. The summed E-state index contributed by atoms with van der Waals surface area (Å²) in [4.78, 5) is 6.79. The van der Waals surface area contributed by atoms with Crippen LogP contribution in [0.5, 0.6) is 0 Å². The molecular formula is C18H29ClN4O2S. The van der Waals surface area contributed by atoms with E-state index in [1.54, 1.807) is 13.8 Å². The summed E-state index contributed by atoms with van der Waals surface area (Å²) in [5.41, 5.74) is 1.11. The third-order valence-corrected chi connectivity index (χ3v) is 7.04. The molecule has 1 aromatic rings. The summed E-state index contributed by atoms with van der Waals surface area (Å²) >= 11 is 6.09. The molecule has 0 spiro atoms. The van der Waals surface area contributed by atoms with Crippen molar-refractivity contribution in [3.8, 4) is 0 Å². The van der Waals surface area contributed by atoms with E-state index in [2.05, 4.69) is 26.6 Å². The topological polar surface area (TPSA) is 73.8 Å². The predicted octanol–water partition coefficient (Wildman–Crippen LogP) is 2.30. The van der Waals surface area contributed by atoms with Gasteiger partial charge in [-0.1, -0.05) is 17.7 Å². The molecule has 6 nitrogen and oxygen atoms in total. The molecule has 1 aliphatic heterocycles. The summed E-state index contributed by atoms with van der Waals surface area (Å²) in [6.07, 6.45) is 2.23. The molecule has 2 N–H and O–H groups in total. The number of halogens is 1. The minimum Gasteiger partial charge on any atom is -0.369 e. The van der Waals surface area contributed by atoms with E-state index in [0.29, 0.717) is 5.96 Å². The van der Waals surface area contributed by atoms with Crippen LogP contribution in [-0.4, -0.2) is 57.6 Å². The quantitative estimate of drug-likeness (QED) is 0.566. The van der Waals surface area contributed by atoms with Gasteiger partial charge in [0.25, 0.3) is 0 Å². The van der Waals surface area contributed by atoms with Crippen LogP contribution >= 0.6 is 11.6 Å². The molecule has 26 heavy (non-hydrogen) atoms. The van der Waals surface area contributed by atoms with E-state index < -0.39 is 14.6 Å². The van der Waals surface area contributed by atoms with Crippen LogP contribution in [0, 0.1) is 0 Å². The number of guanidine groups is 1. The number of anilines is 1. The van der Waals surface area contributed by atoms with Crippen molar-refractivity contribution in [2.75, 3.05) is 37.3 Å². The van der Waals surface area contributed by atoms with Gasteiger partial charge in [0, 0.05) is 42.6 Å². The number of nitrogens with zero attached hydrogens (tertiary/aromatic N) is 2. The smallest absolute Gasteiger partial charge is 0.191 e. The van der Waals surface area contributed by atoms with E-state index in [1.807, 2.05) is 25.1 Å². The number of hydrogen-bond donors (Lipinski definition) is 2. The third-order valence-electron chi connectivity index (χ3n) is 4.67. The summed E-state index contributed by atoms with van der Waals surface area (Å²) < 4.78 is 22.8.